The van der Waals surface area contributed by atoms with Crippen LogP contribution in [0, 0.1) is 6.92 Å². The molecule has 158 valence electrons. The van der Waals surface area contributed by atoms with Crippen LogP contribution in [-0.2, 0) is 11.3 Å². The summed E-state index contributed by atoms with van der Waals surface area (Å²) in [5.74, 6) is 1.10. The Morgan fingerprint density at radius 2 is 1.94 bits per heavy atom. The first kappa shape index (κ1) is 20.9. The molecule has 2 aromatic heterocycles. The van der Waals surface area contributed by atoms with Gasteiger partial charge in [0.15, 0.2) is 12.4 Å². The van der Waals surface area contributed by atoms with E-state index in [4.69, 9.17) is 4.74 Å². The summed E-state index contributed by atoms with van der Waals surface area (Å²) in [7, 11) is 3.97. The van der Waals surface area contributed by atoms with Crippen LogP contribution < -0.4 is 10.1 Å². The van der Waals surface area contributed by atoms with Gasteiger partial charge in [0.05, 0.1) is 15.2 Å². The molecule has 0 unspecified atom stereocenters. The van der Waals surface area contributed by atoms with E-state index in [9.17, 15) is 4.79 Å². The molecule has 7 nitrogen and oxygen atoms in total. The number of rotatable bonds is 7. The zero-order valence-corrected chi connectivity index (χ0v) is 18.4. The number of fused-ring (bicyclic) bond motifs is 1. The SMILES string of the molecule is Cc1nc2ccc(NC(=O)COc3ccc(-c4ncccn4)cc3CN(C)C)cc2s1. The average Bonchev–Trinajstić information content (AvgIpc) is 3.12. The minimum absolute atomic E-state index is 0.0820. The van der Waals surface area contributed by atoms with Crippen molar-refractivity contribution in [3.63, 3.8) is 0 Å². The van der Waals surface area contributed by atoms with Gasteiger partial charge in [-0.2, -0.15) is 0 Å². The van der Waals surface area contributed by atoms with Crippen molar-refractivity contribution >= 4 is 33.1 Å². The lowest BCUT2D eigenvalue weighted by atomic mass is 10.1. The second-order valence-corrected chi connectivity index (χ2v) is 8.62. The Kier molecular flexibility index (Phi) is 6.20. The van der Waals surface area contributed by atoms with Crippen LogP contribution in [0.1, 0.15) is 10.6 Å². The normalized spacial score (nSPS) is 11.1. The molecule has 0 radical (unpaired) electrons. The Bertz CT molecular complexity index is 1210. The molecule has 2 aromatic carbocycles. The number of aromatic nitrogens is 3. The van der Waals surface area contributed by atoms with Crippen LogP contribution in [0.3, 0.4) is 0 Å². The molecule has 4 aromatic rings. The molecule has 0 fully saturated rings. The number of nitrogens with one attached hydrogen (secondary N) is 1. The Morgan fingerprint density at radius 3 is 2.71 bits per heavy atom. The van der Waals surface area contributed by atoms with Crippen LogP contribution in [-0.4, -0.2) is 46.5 Å². The number of amides is 1. The Balaban J connectivity index is 1.46. The molecule has 0 bridgehead atoms. The number of anilines is 1. The highest BCUT2D eigenvalue weighted by atomic mass is 32.1. The van der Waals surface area contributed by atoms with E-state index >= 15 is 0 Å². The number of thiazole rings is 1. The van der Waals surface area contributed by atoms with Gasteiger partial charge in [0.25, 0.3) is 5.91 Å². The summed E-state index contributed by atoms with van der Waals surface area (Å²) in [5.41, 5.74) is 3.54. The van der Waals surface area contributed by atoms with Crippen molar-refractivity contribution in [2.45, 2.75) is 13.5 Å². The molecule has 0 atom stereocenters. The molecular weight excluding hydrogens is 410 g/mol. The summed E-state index contributed by atoms with van der Waals surface area (Å²) >= 11 is 1.60. The maximum atomic E-state index is 12.5. The van der Waals surface area contributed by atoms with Gasteiger partial charge >= 0.3 is 0 Å². The van der Waals surface area contributed by atoms with Gasteiger partial charge in [0, 0.05) is 35.8 Å². The lowest BCUT2D eigenvalue weighted by Crippen LogP contribution is -2.21. The largest absolute Gasteiger partial charge is 0.483 e. The number of hydrogen-bond acceptors (Lipinski definition) is 7. The molecule has 0 aliphatic rings. The van der Waals surface area contributed by atoms with Gasteiger partial charge in [0.2, 0.25) is 0 Å². The highest BCUT2D eigenvalue weighted by Crippen LogP contribution is 2.27. The molecule has 8 heteroatoms. The maximum Gasteiger partial charge on any atom is 0.262 e. The summed E-state index contributed by atoms with van der Waals surface area (Å²) in [5, 5.41) is 3.90. The molecule has 4 rings (SSSR count). The van der Waals surface area contributed by atoms with Gasteiger partial charge < -0.3 is 15.0 Å². The lowest BCUT2D eigenvalue weighted by molar-refractivity contribution is -0.118. The van der Waals surface area contributed by atoms with Gasteiger partial charge in [0.1, 0.15) is 5.75 Å². The number of hydrogen-bond donors (Lipinski definition) is 1. The van der Waals surface area contributed by atoms with Crippen LogP contribution >= 0.6 is 11.3 Å². The second kappa shape index (κ2) is 9.20. The van der Waals surface area contributed by atoms with Crippen molar-refractivity contribution in [1.29, 1.82) is 0 Å². The van der Waals surface area contributed by atoms with E-state index in [1.807, 2.05) is 62.3 Å². The first-order valence-corrected chi connectivity index (χ1v) is 10.6. The Hall–Kier alpha value is -3.36. The highest BCUT2D eigenvalue weighted by molar-refractivity contribution is 7.18. The van der Waals surface area contributed by atoms with Gasteiger partial charge in [-0.1, -0.05) is 0 Å². The van der Waals surface area contributed by atoms with Crippen molar-refractivity contribution in [2.24, 2.45) is 0 Å². The predicted molar refractivity (Wildman–Crippen MR) is 123 cm³/mol. The Morgan fingerprint density at radius 1 is 1.13 bits per heavy atom. The molecule has 31 heavy (non-hydrogen) atoms. The van der Waals surface area contributed by atoms with Crippen LogP contribution in [0.25, 0.3) is 21.6 Å². The standard InChI is InChI=1S/C23H23N5O2S/c1-15-26-19-7-6-18(12-21(19)31-15)27-22(29)14-30-20-8-5-16(11-17(20)13-28(2)3)23-24-9-4-10-25-23/h4-12H,13-14H2,1-3H3,(H,27,29). The second-order valence-electron chi connectivity index (χ2n) is 7.38. The van der Waals surface area contributed by atoms with Crippen LogP contribution in [0.2, 0.25) is 0 Å². The van der Waals surface area contributed by atoms with Gasteiger partial charge in [-0.15, -0.1) is 11.3 Å². The monoisotopic (exact) mass is 433 g/mol. The van der Waals surface area contributed by atoms with Gasteiger partial charge in [-0.05, 0) is 63.5 Å². The number of carbonyl (C=O) groups is 1. The number of benzene rings is 2. The molecule has 0 aliphatic carbocycles. The molecule has 0 saturated heterocycles. The molecular formula is C23H23N5O2S. The number of aryl methyl sites for hydroxylation is 1. The lowest BCUT2D eigenvalue weighted by Gasteiger charge is -2.16. The minimum Gasteiger partial charge on any atom is -0.483 e. The van der Waals surface area contributed by atoms with Crippen molar-refractivity contribution in [3.8, 4) is 17.1 Å². The van der Waals surface area contributed by atoms with E-state index in [-0.39, 0.29) is 12.5 Å². The molecule has 1 amide bonds. The van der Waals surface area contributed by atoms with Crippen LogP contribution in [0.5, 0.6) is 5.75 Å². The fourth-order valence-corrected chi connectivity index (χ4v) is 4.10. The van der Waals surface area contributed by atoms with Gasteiger partial charge in [-0.3, -0.25) is 4.79 Å². The fraction of sp³-hybridized carbons (Fsp3) is 0.217. The zero-order chi connectivity index (χ0) is 21.8. The number of carbonyl (C=O) groups excluding carboxylic acids is 1. The molecule has 0 spiro atoms. The van der Waals surface area contributed by atoms with Crippen molar-refractivity contribution < 1.29 is 9.53 Å². The number of ether oxygens (including phenoxy) is 1. The smallest absolute Gasteiger partial charge is 0.262 e. The van der Waals surface area contributed by atoms with Crippen molar-refractivity contribution in [1.82, 2.24) is 19.9 Å². The first-order valence-electron chi connectivity index (χ1n) is 9.83. The third-order valence-corrected chi connectivity index (χ3v) is 5.44. The predicted octanol–water partition coefficient (Wildman–Crippen LogP) is 4.14. The molecule has 1 N–H and O–H groups in total. The zero-order valence-electron chi connectivity index (χ0n) is 17.6. The highest BCUT2D eigenvalue weighted by Gasteiger charge is 2.12. The van der Waals surface area contributed by atoms with E-state index < -0.39 is 0 Å². The van der Waals surface area contributed by atoms with Crippen molar-refractivity contribution in [2.75, 3.05) is 26.0 Å². The van der Waals surface area contributed by atoms with E-state index in [1.54, 1.807) is 29.8 Å². The average molecular weight is 434 g/mol. The minimum atomic E-state index is -0.216. The van der Waals surface area contributed by atoms with E-state index in [0.29, 0.717) is 18.1 Å². The van der Waals surface area contributed by atoms with E-state index in [0.717, 1.165) is 32.0 Å². The quantitative estimate of drug-likeness (QED) is 0.472. The summed E-state index contributed by atoms with van der Waals surface area (Å²) in [6.45, 7) is 2.55. The summed E-state index contributed by atoms with van der Waals surface area (Å²) in [6.07, 6.45) is 3.43. The van der Waals surface area contributed by atoms with Crippen molar-refractivity contribution in [3.05, 3.63) is 65.4 Å². The molecule has 2 heterocycles. The molecule has 0 saturated carbocycles. The van der Waals surface area contributed by atoms with Crippen LogP contribution in [0.15, 0.2) is 54.9 Å². The summed E-state index contributed by atoms with van der Waals surface area (Å²) in [4.78, 5) is 27.6. The van der Waals surface area contributed by atoms with Gasteiger partial charge in [-0.25, -0.2) is 15.0 Å². The summed E-state index contributed by atoms with van der Waals surface area (Å²) < 4.78 is 6.91. The fourth-order valence-electron chi connectivity index (χ4n) is 3.23. The van der Waals surface area contributed by atoms with Crippen LogP contribution in [0.4, 0.5) is 5.69 Å². The third-order valence-electron chi connectivity index (χ3n) is 4.51. The third kappa shape index (κ3) is 5.22. The summed E-state index contributed by atoms with van der Waals surface area (Å²) in [6, 6.07) is 13.3. The maximum absolute atomic E-state index is 12.5. The van der Waals surface area contributed by atoms with E-state index in [2.05, 4.69) is 20.3 Å². The molecule has 0 aliphatic heterocycles. The van der Waals surface area contributed by atoms with E-state index in [1.165, 1.54) is 0 Å². The first-order chi connectivity index (χ1) is 15.0. The number of nitrogens with zero attached hydrogens (tertiary/aromatic N) is 4. The topological polar surface area (TPSA) is 80.2 Å². The Labute approximate surface area is 184 Å².